The largest absolute Gasteiger partial charge is 0.452 e. The van der Waals surface area contributed by atoms with E-state index >= 15 is 0 Å². The molecule has 0 aliphatic carbocycles. The summed E-state index contributed by atoms with van der Waals surface area (Å²) in [6.45, 7) is 0.492. The second-order valence-electron chi connectivity index (χ2n) is 5.45. The lowest BCUT2D eigenvalue weighted by atomic mass is 10.2. The molecule has 126 valence electrons. The topological polar surface area (TPSA) is 66.9 Å². The number of aldehydes is 1. The fourth-order valence-electron chi connectivity index (χ4n) is 2.61. The second kappa shape index (κ2) is 8.73. The van der Waals surface area contributed by atoms with Crippen molar-refractivity contribution in [1.29, 1.82) is 0 Å². The Labute approximate surface area is 141 Å². The summed E-state index contributed by atoms with van der Waals surface area (Å²) in [6, 6.07) is 12.1. The quantitative estimate of drug-likeness (QED) is 0.469. The summed E-state index contributed by atoms with van der Waals surface area (Å²) in [5.41, 5.74) is 0.924. The molecule has 0 unspecified atom stereocenters. The minimum absolute atomic E-state index is 0.0103. The predicted molar refractivity (Wildman–Crippen MR) is 87.6 cm³/mol. The molecule has 6 nitrogen and oxygen atoms in total. The van der Waals surface area contributed by atoms with Gasteiger partial charge in [-0.1, -0.05) is 36.3 Å². The molecule has 1 fully saturated rings. The molecule has 1 aromatic carbocycles. The molecule has 0 saturated carbocycles. The average molecular weight is 328 g/mol. The van der Waals surface area contributed by atoms with E-state index in [1.165, 1.54) is 12.0 Å². The Kier molecular flexibility index (Phi) is 6.38. The van der Waals surface area contributed by atoms with E-state index < -0.39 is 6.09 Å². The zero-order valence-corrected chi connectivity index (χ0v) is 13.6. The van der Waals surface area contributed by atoms with Gasteiger partial charge in [-0.05, 0) is 12.0 Å². The molecular formula is C18H20N2O4. The van der Waals surface area contributed by atoms with E-state index in [2.05, 4.69) is 12.0 Å². The summed E-state index contributed by atoms with van der Waals surface area (Å²) in [5, 5.41) is 0. The van der Waals surface area contributed by atoms with Gasteiger partial charge in [0.15, 0.2) is 0 Å². The standard InChI is InChI=1S/C18H20N2O4/c1-24-18(23)19(14-15-6-3-2-4-7-15)11-5-12-20-16(10-13-21)8-9-17(20)22/h2-4,6-7,13,16H,8-10,12,14H2,1H3/t16-/m0/s1. The van der Waals surface area contributed by atoms with Gasteiger partial charge in [-0.2, -0.15) is 0 Å². The molecule has 1 heterocycles. The van der Waals surface area contributed by atoms with Crippen molar-refractivity contribution in [2.45, 2.75) is 31.8 Å². The number of amides is 2. The number of likely N-dealkylation sites (tertiary alicyclic amines) is 1. The molecule has 1 aliphatic rings. The van der Waals surface area contributed by atoms with Crippen LogP contribution < -0.4 is 0 Å². The third kappa shape index (κ3) is 4.59. The molecule has 2 amide bonds. The van der Waals surface area contributed by atoms with Crippen molar-refractivity contribution in [2.75, 3.05) is 13.7 Å². The average Bonchev–Trinajstić information content (AvgIpc) is 2.95. The Morgan fingerprint density at radius 2 is 2.17 bits per heavy atom. The van der Waals surface area contributed by atoms with E-state index in [0.29, 0.717) is 25.8 Å². The summed E-state index contributed by atoms with van der Waals surface area (Å²) in [7, 11) is 1.30. The van der Waals surface area contributed by atoms with E-state index in [9.17, 15) is 14.4 Å². The Morgan fingerprint density at radius 3 is 2.83 bits per heavy atom. The molecule has 24 heavy (non-hydrogen) atoms. The Bertz CT molecular complexity index is 648. The molecule has 2 rings (SSSR count). The van der Waals surface area contributed by atoms with E-state index in [1.807, 2.05) is 30.3 Å². The first kappa shape index (κ1) is 17.5. The highest BCUT2D eigenvalue weighted by Gasteiger charge is 2.29. The van der Waals surface area contributed by atoms with Gasteiger partial charge in [0.2, 0.25) is 5.91 Å². The van der Waals surface area contributed by atoms with Crippen LogP contribution in [0, 0.1) is 12.0 Å². The smallest absolute Gasteiger partial charge is 0.421 e. The Hall–Kier alpha value is -2.81. The van der Waals surface area contributed by atoms with Gasteiger partial charge in [-0.15, -0.1) is 0 Å². The molecule has 0 N–H and O–H groups in total. The lowest BCUT2D eigenvalue weighted by molar-refractivity contribution is -0.128. The third-order valence-corrected chi connectivity index (χ3v) is 3.86. The van der Waals surface area contributed by atoms with Crippen LogP contribution in [0.5, 0.6) is 0 Å². The van der Waals surface area contributed by atoms with E-state index in [4.69, 9.17) is 4.74 Å². The molecule has 0 bridgehead atoms. The first-order chi connectivity index (χ1) is 11.7. The maximum atomic E-state index is 11.9. The Morgan fingerprint density at radius 1 is 1.42 bits per heavy atom. The zero-order valence-electron chi connectivity index (χ0n) is 13.6. The van der Waals surface area contributed by atoms with Crippen LogP contribution >= 0.6 is 0 Å². The van der Waals surface area contributed by atoms with Crippen molar-refractivity contribution in [3.63, 3.8) is 0 Å². The molecular weight excluding hydrogens is 308 g/mol. The van der Waals surface area contributed by atoms with Gasteiger partial charge in [0.1, 0.15) is 6.29 Å². The summed E-state index contributed by atoms with van der Waals surface area (Å²) < 4.78 is 4.75. The molecule has 0 spiro atoms. The highest BCUT2D eigenvalue weighted by Crippen LogP contribution is 2.19. The monoisotopic (exact) mass is 328 g/mol. The van der Waals surface area contributed by atoms with Gasteiger partial charge < -0.3 is 14.4 Å². The molecule has 1 aromatic rings. The van der Waals surface area contributed by atoms with E-state index in [-0.39, 0.29) is 18.5 Å². The highest BCUT2D eigenvalue weighted by atomic mass is 16.5. The maximum absolute atomic E-state index is 11.9. The number of carbonyl (C=O) groups is 3. The zero-order chi connectivity index (χ0) is 17.4. The van der Waals surface area contributed by atoms with Crippen molar-refractivity contribution in [1.82, 2.24) is 9.80 Å². The fourth-order valence-corrected chi connectivity index (χ4v) is 2.61. The second-order valence-corrected chi connectivity index (χ2v) is 5.45. The van der Waals surface area contributed by atoms with Gasteiger partial charge in [0.05, 0.1) is 20.2 Å². The number of methoxy groups -OCH3 is 1. The molecule has 1 aliphatic heterocycles. The number of hydrogen-bond donors (Lipinski definition) is 0. The molecule has 0 aromatic heterocycles. The lowest BCUT2D eigenvalue weighted by Gasteiger charge is -2.20. The van der Waals surface area contributed by atoms with Crippen molar-refractivity contribution in [3.05, 3.63) is 35.9 Å². The number of hydrogen-bond acceptors (Lipinski definition) is 4. The fraction of sp³-hybridized carbons (Fsp3) is 0.389. The highest BCUT2D eigenvalue weighted by molar-refractivity contribution is 5.79. The molecule has 0 radical (unpaired) electrons. The van der Waals surface area contributed by atoms with Crippen LogP contribution in [-0.4, -0.2) is 47.8 Å². The first-order valence-corrected chi connectivity index (χ1v) is 7.76. The number of rotatable bonds is 5. The van der Waals surface area contributed by atoms with Crippen molar-refractivity contribution < 1.29 is 19.1 Å². The van der Waals surface area contributed by atoms with Gasteiger partial charge in [-0.25, -0.2) is 9.69 Å². The third-order valence-electron chi connectivity index (χ3n) is 3.86. The van der Waals surface area contributed by atoms with Gasteiger partial charge >= 0.3 is 6.09 Å². The van der Waals surface area contributed by atoms with E-state index in [1.54, 1.807) is 4.90 Å². The maximum Gasteiger partial charge on any atom is 0.421 e. The normalized spacial score (nSPS) is 16.3. The Balaban J connectivity index is 2.04. The van der Waals surface area contributed by atoms with E-state index in [0.717, 1.165) is 11.8 Å². The molecule has 1 atom stereocenters. The summed E-state index contributed by atoms with van der Waals surface area (Å²) in [5.74, 6) is 2.84. The van der Waals surface area contributed by atoms with Crippen LogP contribution in [0.1, 0.15) is 24.8 Å². The van der Waals surface area contributed by atoms with Gasteiger partial charge in [0, 0.05) is 24.9 Å². The van der Waals surface area contributed by atoms with Crippen molar-refractivity contribution in [2.24, 2.45) is 0 Å². The van der Waals surface area contributed by atoms with Gasteiger partial charge in [0.25, 0.3) is 0 Å². The number of carbonyl (C=O) groups excluding carboxylic acids is 3. The minimum Gasteiger partial charge on any atom is -0.452 e. The number of ether oxygens (including phenoxy) is 1. The van der Waals surface area contributed by atoms with Crippen molar-refractivity contribution >= 4 is 18.3 Å². The first-order valence-electron chi connectivity index (χ1n) is 7.76. The number of benzene rings is 1. The SMILES string of the molecule is COC(=O)N(C#CCN1C(=O)CC[C@H]1CC=O)Cc1ccccc1. The van der Waals surface area contributed by atoms with Gasteiger partial charge in [-0.3, -0.25) is 4.79 Å². The molecule has 6 heteroatoms. The summed E-state index contributed by atoms with van der Waals surface area (Å²) in [6.07, 6.45) is 1.69. The van der Waals surface area contributed by atoms with Crippen LogP contribution in [-0.2, 0) is 20.9 Å². The van der Waals surface area contributed by atoms with Crippen LogP contribution in [0.2, 0.25) is 0 Å². The minimum atomic E-state index is -0.552. The van der Waals surface area contributed by atoms with Crippen LogP contribution in [0.15, 0.2) is 30.3 Å². The van der Waals surface area contributed by atoms with Crippen LogP contribution in [0.3, 0.4) is 0 Å². The van der Waals surface area contributed by atoms with Crippen molar-refractivity contribution in [3.8, 4) is 12.0 Å². The predicted octanol–water partition coefficient (Wildman–Crippen LogP) is 1.80. The summed E-state index contributed by atoms with van der Waals surface area (Å²) >= 11 is 0. The summed E-state index contributed by atoms with van der Waals surface area (Å²) in [4.78, 5) is 37.3. The lowest BCUT2D eigenvalue weighted by Crippen LogP contribution is -2.34. The molecule has 1 saturated heterocycles. The van der Waals surface area contributed by atoms with Crippen LogP contribution in [0.4, 0.5) is 4.79 Å². The number of nitrogens with zero attached hydrogens (tertiary/aromatic N) is 2. The van der Waals surface area contributed by atoms with Crippen LogP contribution in [0.25, 0.3) is 0 Å².